The van der Waals surface area contributed by atoms with Crippen LogP contribution in [-0.4, -0.2) is 43.4 Å². The Morgan fingerprint density at radius 3 is 2.20 bits per heavy atom. The van der Waals surface area contributed by atoms with Crippen LogP contribution in [0.2, 0.25) is 0 Å². The normalized spacial score (nSPS) is 13.0. The Morgan fingerprint density at radius 1 is 1.00 bits per heavy atom. The van der Waals surface area contributed by atoms with Crippen molar-refractivity contribution >= 4 is 15.9 Å². The Bertz CT molecular complexity index is 1280. The minimum absolute atomic E-state index is 0.0196. The molecular formula is C24H22F4N2O4S. The van der Waals surface area contributed by atoms with Gasteiger partial charge in [0.25, 0.3) is 0 Å². The highest BCUT2D eigenvalue weighted by Crippen LogP contribution is 2.31. The van der Waals surface area contributed by atoms with Crippen LogP contribution in [0.25, 0.3) is 11.1 Å². The molecule has 0 bridgehead atoms. The van der Waals surface area contributed by atoms with Crippen molar-refractivity contribution in [3.05, 3.63) is 89.7 Å². The highest BCUT2D eigenvalue weighted by atomic mass is 32.2. The summed E-state index contributed by atoms with van der Waals surface area (Å²) in [5.41, 5.74) is 1.01. The number of aliphatic hydroxyl groups excluding tert-OH is 1. The first-order valence-corrected chi connectivity index (χ1v) is 11.8. The van der Waals surface area contributed by atoms with Crippen molar-refractivity contribution in [2.75, 3.05) is 13.7 Å². The predicted molar refractivity (Wildman–Crippen MR) is 121 cm³/mol. The molecule has 6 nitrogen and oxygen atoms in total. The average molecular weight is 511 g/mol. The minimum atomic E-state index is -4.44. The van der Waals surface area contributed by atoms with Crippen molar-refractivity contribution in [2.24, 2.45) is 0 Å². The summed E-state index contributed by atoms with van der Waals surface area (Å²) in [6, 6.07) is 14.0. The number of halogens is 4. The Hall–Kier alpha value is -3.28. The van der Waals surface area contributed by atoms with Gasteiger partial charge in [-0.05, 0) is 59.2 Å². The standard InChI is InChI=1S/C24H22F4N2O4S/c1-30(35(33,34)21-11-9-20(25)10-12-21)22(15-31)23(32)29-14-16-3-2-4-18(13-16)17-5-7-19(8-6-17)24(26,27)28/h2-13,22,31H,14-15H2,1H3,(H,29,32). The number of rotatable bonds is 8. The first-order valence-electron chi connectivity index (χ1n) is 10.3. The Kier molecular flexibility index (Phi) is 7.93. The summed E-state index contributed by atoms with van der Waals surface area (Å²) in [6.45, 7) is -0.817. The molecule has 0 radical (unpaired) electrons. The number of sulfonamides is 1. The average Bonchev–Trinajstić information content (AvgIpc) is 2.83. The fraction of sp³-hybridized carbons (Fsp3) is 0.208. The summed E-state index contributed by atoms with van der Waals surface area (Å²) >= 11 is 0. The molecule has 0 aliphatic heterocycles. The van der Waals surface area contributed by atoms with E-state index in [0.717, 1.165) is 43.4 Å². The third-order valence-corrected chi connectivity index (χ3v) is 7.23. The number of hydrogen-bond donors (Lipinski definition) is 2. The summed E-state index contributed by atoms with van der Waals surface area (Å²) in [7, 11) is -3.06. The third kappa shape index (κ3) is 6.24. The molecule has 1 atom stereocenters. The van der Waals surface area contributed by atoms with E-state index in [1.54, 1.807) is 24.3 Å². The second kappa shape index (κ2) is 10.5. The van der Waals surface area contributed by atoms with Crippen molar-refractivity contribution in [2.45, 2.75) is 23.7 Å². The van der Waals surface area contributed by atoms with Crippen LogP contribution in [0.4, 0.5) is 17.6 Å². The lowest BCUT2D eigenvalue weighted by Crippen LogP contribution is -2.49. The van der Waals surface area contributed by atoms with E-state index in [1.807, 2.05) is 0 Å². The van der Waals surface area contributed by atoms with Gasteiger partial charge in [0.05, 0.1) is 17.1 Å². The number of likely N-dealkylation sites (N-methyl/N-ethyl adjacent to an activating group) is 1. The zero-order chi connectivity index (χ0) is 25.8. The van der Waals surface area contributed by atoms with E-state index in [0.29, 0.717) is 21.0 Å². The van der Waals surface area contributed by atoms with Crippen LogP contribution in [0, 0.1) is 5.82 Å². The number of benzene rings is 3. The van der Waals surface area contributed by atoms with Gasteiger partial charge in [0.15, 0.2) is 0 Å². The second-order valence-electron chi connectivity index (χ2n) is 7.67. The van der Waals surface area contributed by atoms with Gasteiger partial charge in [-0.25, -0.2) is 12.8 Å². The van der Waals surface area contributed by atoms with Crippen LogP contribution in [0.15, 0.2) is 77.7 Å². The van der Waals surface area contributed by atoms with Crippen LogP contribution in [0.1, 0.15) is 11.1 Å². The fourth-order valence-electron chi connectivity index (χ4n) is 3.32. The molecule has 186 valence electrons. The molecule has 11 heteroatoms. The van der Waals surface area contributed by atoms with Gasteiger partial charge in [0.2, 0.25) is 15.9 Å². The van der Waals surface area contributed by atoms with Gasteiger partial charge in [-0.1, -0.05) is 30.3 Å². The zero-order valence-electron chi connectivity index (χ0n) is 18.5. The monoisotopic (exact) mass is 510 g/mol. The molecule has 3 aromatic carbocycles. The maximum Gasteiger partial charge on any atom is 0.416 e. The Morgan fingerprint density at radius 2 is 1.63 bits per heavy atom. The number of alkyl halides is 3. The van der Waals surface area contributed by atoms with Gasteiger partial charge < -0.3 is 10.4 Å². The molecule has 0 aromatic heterocycles. The maximum absolute atomic E-state index is 13.1. The number of hydrogen-bond acceptors (Lipinski definition) is 4. The third-order valence-electron chi connectivity index (χ3n) is 5.34. The largest absolute Gasteiger partial charge is 0.416 e. The van der Waals surface area contributed by atoms with Gasteiger partial charge >= 0.3 is 6.18 Å². The van der Waals surface area contributed by atoms with E-state index in [-0.39, 0.29) is 11.4 Å². The molecule has 2 N–H and O–H groups in total. The SMILES string of the molecule is CN(C(CO)C(=O)NCc1cccc(-c2ccc(C(F)(F)F)cc2)c1)S(=O)(=O)c1ccc(F)cc1. The smallest absolute Gasteiger partial charge is 0.394 e. The molecule has 0 fully saturated rings. The second-order valence-corrected chi connectivity index (χ2v) is 9.66. The highest BCUT2D eigenvalue weighted by Gasteiger charge is 2.32. The van der Waals surface area contributed by atoms with Crippen LogP contribution in [0.5, 0.6) is 0 Å². The molecule has 3 rings (SSSR count). The van der Waals surface area contributed by atoms with Crippen molar-refractivity contribution in [1.29, 1.82) is 0 Å². The van der Waals surface area contributed by atoms with E-state index < -0.39 is 46.1 Å². The molecule has 0 aliphatic rings. The van der Waals surface area contributed by atoms with E-state index in [9.17, 15) is 35.9 Å². The van der Waals surface area contributed by atoms with E-state index in [4.69, 9.17) is 0 Å². The lowest BCUT2D eigenvalue weighted by Gasteiger charge is -2.25. The lowest BCUT2D eigenvalue weighted by atomic mass is 10.0. The maximum atomic E-state index is 13.1. The first-order chi connectivity index (χ1) is 16.4. The fourth-order valence-corrected chi connectivity index (χ4v) is 4.63. The molecule has 1 unspecified atom stereocenters. The minimum Gasteiger partial charge on any atom is -0.394 e. The molecule has 0 saturated carbocycles. The van der Waals surface area contributed by atoms with Crippen molar-refractivity contribution in [3.63, 3.8) is 0 Å². The van der Waals surface area contributed by atoms with Crippen LogP contribution < -0.4 is 5.32 Å². The molecule has 0 spiro atoms. The van der Waals surface area contributed by atoms with Crippen LogP contribution >= 0.6 is 0 Å². The van der Waals surface area contributed by atoms with Crippen LogP contribution in [-0.2, 0) is 27.5 Å². The summed E-state index contributed by atoms with van der Waals surface area (Å²) < 4.78 is 77.7. The molecule has 0 aliphatic carbocycles. The summed E-state index contributed by atoms with van der Waals surface area (Å²) in [4.78, 5) is 12.4. The molecule has 1 amide bonds. The van der Waals surface area contributed by atoms with E-state index in [1.165, 1.54) is 12.1 Å². The topological polar surface area (TPSA) is 86.7 Å². The van der Waals surface area contributed by atoms with E-state index in [2.05, 4.69) is 5.32 Å². The number of aliphatic hydroxyl groups is 1. The van der Waals surface area contributed by atoms with Gasteiger partial charge in [-0.3, -0.25) is 4.79 Å². The summed E-state index contributed by atoms with van der Waals surface area (Å²) in [6.07, 6.45) is -4.44. The lowest BCUT2D eigenvalue weighted by molar-refractivity contribution is -0.137. The van der Waals surface area contributed by atoms with Crippen molar-refractivity contribution in [3.8, 4) is 11.1 Å². The molecule has 3 aromatic rings. The Balaban J connectivity index is 1.70. The van der Waals surface area contributed by atoms with Crippen molar-refractivity contribution < 1.29 is 35.9 Å². The number of nitrogens with zero attached hydrogens (tertiary/aromatic N) is 1. The number of amides is 1. The first kappa shape index (κ1) is 26.3. The molecular weight excluding hydrogens is 488 g/mol. The quantitative estimate of drug-likeness (QED) is 0.452. The van der Waals surface area contributed by atoms with Gasteiger partial charge in [0, 0.05) is 13.6 Å². The molecule has 0 heterocycles. The summed E-state index contributed by atoms with van der Waals surface area (Å²) in [5, 5.41) is 12.2. The van der Waals surface area contributed by atoms with Gasteiger partial charge in [-0.15, -0.1) is 0 Å². The Labute approximate surface area is 199 Å². The molecule has 0 saturated heterocycles. The number of carbonyl (C=O) groups excluding carboxylic acids is 1. The zero-order valence-corrected chi connectivity index (χ0v) is 19.3. The van der Waals surface area contributed by atoms with Gasteiger partial charge in [-0.2, -0.15) is 17.5 Å². The highest BCUT2D eigenvalue weighted by molar-refractivity contribution is 7.89. The number of carbonyl (C=O) groups is 1. The summed E-state index contributed by atoms with van der Waals surface area (Å²) in [5.74, 6) is -1.39. The predicted octanol–water partition coefficient (Wildman–Crippen LogP) is 3.81. The number of nitrogens with one attached hydrogen (secondary N) is 1. The van der Waals surface area contributed by atoms with Gasteiger partial charge in [0.1, 0.15) is 11.9 Å². The molecule has 35 heavy (non-hydrogen) atoms. The van der Waals surface area contributed by atoms with E-state index >= 15 is 0 Å². The van der Waals surface area contributed by atoms with Crippen LogP contribution in [0.3, 0.4) is 0 Å². The van der Waals surface area contributed by atoms with Crippen molar-refractivity contribution in [1.82, 2.24) is 9.62 Å².